The minimum absolute atomic E-state index is 0.0289. The largest absolute Gasteiger partial charge is 0.497 e. The van der Waals surface area contributed by atoms with Crippen LogP contribution in [0.3, 0.4) is 0 Å². The Labute approximate surface area is 121 Å². The first kappa shape index (κ1) is 15.0. The molecule has 20 heavy (non-hydrogen) atoms. The zero-order chi connectivity index (χ0) is 14.4. The molecule has 4 heteroatoms. The maximum absolute atomic E-state index is 9.73. The van der Waals surface area contributed by atoms with Gasteiger partial charge in [0.15, 0.2) is 0 Å². The van der Waals surface area contributed by atoms with E-state index in [1.54, 1.807) is 13.3 Å². The fourth-order valence-corrected chi connectivity index (χ4v) is 3.01. The van der Waals surface area contributed by atoms with Crippen molar-refractivity contribution in [1.82, 2.24) is 9.88 Å². The van der Waals surface area contributed by atoms with E-state index >= 15 is 0 Å². The summed E-state index contributed by atoms with van der Waals surface area (Å²) in [5, 5.41) is 9.73. The molecule has 1 aromatic heterocycles. The molecule has 0 saturated carbocycles. The first-order chi connectivity index (χ1) is 9.71. The second-order valence-electron chi connectivity index (χ2n) is 5.65. The number of ether oxygens (including phenoxy) is 1. The van der Waals surface area contributed by atoms with Crippen molar-refractivity contribution in [2.75, 3.05) is 26.8 Å². The van der Waals surface area contributed by atoms with Crippen molar-refractivity contribution in [2.45, 2.75) is 25.8 Å². The first-order valence-corrected chi connectivity index (χ1v) is 7.14. The Morgan fingerprint density at radius 2 is 2.45 bits per heavy atom. The van der Waals surface area contributed by atoms with Crippen LogP contribution in [0.25, 0.3) is 0 Å². The van der Waals surface area contributed by atoms with Gasteiger partial charge in [-0.05, 0) is 31.9 Å². The number of aliphatic hydroxyl groups excluding tert-OH is 1. The van der Waals surface area contributed by atoms with Crippen LogP contribution < -0.4 is 4.74 Å². The topological polar surface area (TPSA) is 45.6 Å². The number of piperidine rings is 1. The molecule has 0 radical (unpaired) electrons. The monoisotopic (exact) mass is 276 g/mol. The molecular weight excluding hydrogens is 252 g/mol. The molecule has 0 amide bonds. The Kier molecular flexibility index (Phi) is 5.15. The summed E-state index contributed by atoms with van der Waals surface area (Å²) in [5.41, 5.74) is 0.982. The van der Waals surface area contributed by atoms with Crippen LogP contribution in [-0.4, -0.2) is 41.8 Å². The van der Waals surface area contributed by atoms with E-state index < -0.39 is 0 Å². The van der Waals surface area contributed by atoms with Crippen LogP contribution in [0.15, 0.2) is 31.0 Å². The van der Waals surface area contributed by atoms with Crippen LogP contribution in [-0.2, 0) is 6.54 Å². The van der Waals surface area contributed by atoms with E-state index in [1.807, 2.05) is 18.2 Å². The van der Waals surface area contributed by atoms with Crippen LogP contribution in [0.1, 0.15) is 25.0 Å². The van der Waals surface area contributed by atoms with Crippen molar-refractivity contribution in [3.8, 4) is 5.75 Å². The van der Waals surface area contributed by atoms with Crippen LogP contribution in [0, 0.1) is 5.41 Å². The number of aliphatic hydroxyl groups is 1. The number of allylic oxidation sites excluding steroid dienone is 1. The number of hydrogen-bond acceptors (Lipinski definition) is 4. The quantitative estimate of drug-likeness (QED) is 0.809. The number of methoxy groups -OCH3 is 1. The zero-order valence-corrected chi connectivity index (χ0v) is 12.2. The highest BCUT2D eigenvalue weighted by Crippen LogP contribution is 2.33. The summed E-state index contributed by atoms with van der Waals surface area (Å²) in [6.07, 6.45) is 6.74. The van der Waals surface area contributed by atoms with E-state index in [2.05, 4.69) is 16.5 Å². The van der Waals surface area contributed by atoms with Gasteiger partial charge in [0.05, 0.1) is 19.4 Å². The third-order valence-electron chi connectivity index (χ3n) is 4.06. The number of rotatable bonds is 6. The molecule has 1 aromatic rings. The Morgan fingerprint density at radius 3 is 3.15 bits per heavy atom. The minimum atomic E-state index is -0.0289. The molecule has 1 atom stereocenters. The number of pyridine rings is 1. The summed E-state index contributed by atoms with van der Waals surface area (Å²) < 4.78 is 5.23. The van der Waals surface area contributed by atoms with Crippen LogP contribution in [0.4, 0.5) is 0 Å². The Hall–Kier alpha value is -1.39. The predicted octanol–water partition coefficient (Wildman–Crippen LogP) is 2.24. The lowest BCUT2D eigenvalue weighted by Gasteiger charge is -2.41. The third kappa shape index (κ3) is 3.58. The van der Waals surface area contributed by atoms with Crippen molar-refractivity contribution in [2.24, 2.45) is 5.41 Å². The summed E-state index contributed by atoms with van der Waals surface area (Å²) in [6, 6.07) is 3.83. The zero-order valence-electron chi connectivity index (χ0n) is 12.2. The highest BCUT2D eigenvalue weighted by molar-refractivity contribution is 5.22. The molecular formula is C16H24N2O2. The third-order valence-corrected chi connectivity index (χ3v) is 4.06. The second-order valence-corrected chi connectivity index (χ2v) is 5.65. The van der Waals surface area contributed by atoms with Crippen LogP contribution >= 0.6 is 0 Å². The number of nitrogens with zero attached hydrogens (tertiary/aromatic N) is 2. The molecule has 110 valence electrons. The fraction of sp³-hybridized carbons (Fsp3) is 0.562. The Balaban J connectivity index is 2.03. The van der Waals surface area contributed by atoms with Gasteiger partial charge in [-0.2, -0.15) is 0 Å². The van der Waals surface area contributed by atoms with Gasteiger partial charge in [-0.1, -0.05) is 6.08 Å². The van der Waals surface area contributed by atoms with Crippen molar-refractivity contribution in [1.29, 1.82) is 0 Å². The standard InChI is InChI=1S/C16H24N2O2/c1-3-6-16(13-19)7-4-9-18(12-16)11-14-10-15(20-2)5-8-17-14/h3,5,8,10,19H,1,4,6-7,9,11-13H2,2H3. The van der Waals surface area contributed by atoms with E-state index in [-0.39, 0.29) is 12.0 Å². The van der Waals surface area contributed by atoms with Gasteiger partial charge in [0.25, 0.3) is 0 Å². The van der Waals surface area contributed by atoms with E-state index in [0.29, 0.717) is 0 Å². The molecule has 1 fully saturated rings. The van der Waals surface area contributed by atoms with E-state index in [9.17, 15) is 5.11 Å². The summed E-state index contributed by atoms with van der Waals surface area (Å²) in [6.45, 7) is 6.80. The molecule has 0 bridgehead atoms. The van der Waals surface area contributed by atoms with Gasteiger partial charge in [-0.3, -0.25) is 9.88 Å². The van der Waals surface area contributed by atoms with Gasteiger partial charge in [0.2, 0.25) is 0 Å². The maximum atomic E-state index is 9.73. The number of likely N-dealkylation sites (tertiary alicyclic amines) is 1. The SMILES string of the molecule is C=CCC1(CO)CCCN(Cc2cc(OC)ccn2)C1. The van der Waals surface area contributed by atoms with E-state index in [4.69, 9.17) is 4.74 Å². The normalized spacial score (nSPS) is 23.5. The molecule has 1 saturated heterocycles. The Bertz CT molecular complexity index is 450. The van der Waals surface area contributed by atoms with Crippen LogP contribution in [0.2, 0.25) is 0 Å². The maximum Gasteiger partial charge on any atom is 0.122 e. The molecule has 4 nitrogen and oxygen atoms in total. The molecule has 0 aromatic carbocycles. The van der Waals surface area contributed by atoms with Gasteiger partial charge in [-0.15, -0.1) is 6.58 Å². The molecule has 1 aliphatic heterocycles. The van der Waals surface area contributed by atoms with Gasteiger partial charge in [0.1, 0.15) is 5.75 Å². The average molecular weight is 276 g/mol. The second kappa shape index (κ2) is 6.86. The minimum Gasteiger partial charge on any atom is -0.497 e. The lowest BCUT2D eigenvalue weighted by molar-refractivity contribution is 0.0304. The van der Waals surface area contributed by atoms with Gasteiger partial charge in [0, 0.05) is 30.8 Å². The van der Waals surface area contributed by atoms with Gasteiger partial charge < -0.3 is 9.84 Å². The van der Waals surface area contributed by atoms with Gasteiger partial charge >= 0.3 is 0 Å². The van der Waals surface area contributed by atoms with Crippen molar-refractivity contribution in [3.05, 3.63) is 36.7 Å². The summed E-state index contributed by atoms with van der Waals surface area (Å²) in [4.78, 5) is 6.76. The molecule has 0 spiro atoms. The molecule has 2 rings (SSSR count). The number of aromatic nitrogens is 1. The highest BCUT2D eigenvalue weighted by atomic mass is 16.5. The lowest BCUT2D eigenvalue weighted by atomic mass is 9.78. The summed E-state index contributed by atoms with van der Waals surface area (Å²) in [5.74, 6) is 0.839. The Morgan fingerprint density at radius 1 is 1.60 bits per heavy atom. The fourth-order valence-electron chi connectivity index (χ4n) is 3.01. The highest BCUT2D eigenvalue weighted by Gasteiger charge is 2.33. The van der Waals surface area contributed by atoms with E-state index in [1.165, 1.54) is 0 Å². The molecule has 1 aliphatic rings. The molecule has 0 aliphatic carbocycles. The van der Waals surface area contributed by atoms with Crippen molar-refractivity contribution < 1.29 is 9.84 Å². The van der Waals surface area contributed by atoms with Crippen molar-refractivity contribution >= 4 is 0 Å². The summed E-state index contributed by atoms with van der Waals surface area (Å²) >= 11 is 0. The number of hydrogen-bond donors (Lipinski definition) is 1. The summed E-state index contributed by atoms with van der Waals surface area (Å²) in [7, 11) is 1.67. The van der Waals surface area contributed by atoms with Crippen LogP contribution in [0.5, 0.6) is 5.75 Å². The van der Waals surface area contributed by atoms with Gasteiger partial charge in [-0.25, -0.2) is 0 Å². The molecule has 1 unspecified atom stereocenters. The van der Waals surface area contributed by atoms with Crippen molar-refractivity contribution in [3.63, 3.8) is 0 Å². The van der Waals surface area contributed by atoms with E-state index in [0.717, 1.165) is 50.3 Å². The smallest absolute Gasteiger partial charge is 0.122 e. The molecule has 2 heterocycles. The predicted molar refractivity (Wildman–Crippen MR) is 79.6 cm³/mol. The lowest BCUT2D eigenvalue weighted by Crippen LogP contribution is -2.44. The first-order valence-electron chi connectivity index (χ1n) is 7.14. The average Bonchev–Trinajstić information content (AvgIpc) is 2.48. The molecule has 1 N–H and O–H groups in total.